The van der Waals surface area contributed by atoms with E-state index < -0.39 is 0 Å². The average Bonchev–Trinajstić information content (AvgIpc) is 2.28. The fourth-order valence-electron chi connectivity index (χ4n) is 1.87. The number of halogens is 1. The van der Waals surface area contributed by atoms with Crippen LogP contribution in [0.3, 0.4) is 0 Å². The molecule has 1 rings (SSSR count). The quantitative estimate of drug-likeness (QED) is 0.864. The molecule has 0 spiro atoms. The summed E-state index contributed by atoms with van der Waals surface area (Å²) in [5.41, 5.74) is 8.63. The van der Waals surface area contributed by atoms with Crippen LogP contribution in [0.5, 0.6) is 5.75 Å². The Bertz CT molecular complexity index is 339. The van der Waals surface area contributed by atoms with Crippen LogP contribution in [0, 0.1) is 0 Å². The lowest BCUT2D eigenvalue weighted by Crippen LogP contribution is -2.11. The van der Waals surface area contributed by atoms with Gasteiger partial charge in [0.05, 0.1) is 7.11 Å². The molecule has 17 heavy (non-hydrogen) atoms. The van der Waals surface area contributed by atoms with Gasteiger partial charge in [0.25, 0.3) is 0 Å². The Morgan fingerprint density at radius 2 is 1.94 bits per heavy atom. The van der Waals surface area contributed by atoms with Crippen molar-refractivity contribution in [1.29, 1.82) is 0 Å². The molecule has 1 aromatic rings. The smallest absolute Gasteiger partial charge is 0.123 e. The van der Waals surface area contributed by atoms with Crippen molar-refractivity contribution in [3.05, 3.63) is 29.3 Å². The van der Waals surface area contributed by atoms with E-state index in [2.05, 4.69) is 32.9 Å². The van der Waals surface area contributed by atoms with Crippen molar-refractivity contribution in [3.8, 4) is 5.75 Å². The maximum atomic E-state index is 6.17. The molecule has 3 heteroatoms. The molecular weight excluding hydrogens is 234 g/mol. The minimum atomic E-state index is 0. The number of ether oxygens (including phenoxy) is 1. The number of benzene rings is 1. The molecule has 2 nitrogen and oxygen atoms in total. The van der Waals surface area contributed by atoms with E-state index in [1.807, 2.05) is 6.07 Å². The van der Waals surface area contributed by atoms with Crippen molar-refractivity contribution < 1.29 is 4.74 Å². The number of hydrogen-bond acceptors (Lipinski definition) is 2. The molecule has 0 unspecified atom stereocenters. The van der Waals surface area contributed by atoms with Crippen molar-refractivity contribution >= 4 is 12.4 Å². The minimum Gasteiger partial charge on any atom is -0.496 e. The summed E-state index contributed by atoms with van der Waals surface area (Å²) in [5, 5.41) is 0. The summed E-state index contributed by atoms with van der Waals surface area (Å²) >= 11 is 0. The monoisotopic (exact) mass is 257 g/mol. The van der Waals surface area contributed by atoms with Crippen molar-refractivity contribution in [2.45, 2.75) is 45.6 Å². The van der Waals surface area contributed by atoms with Gasteiger partial charge >= 0.3 is 0 Å². The standard InChI is InChI=1S/C14H23NO.ClH/c1-5-6-13(15)12-9-11(10(2)3)7-8-14(12)16-4;/h7-10,13H,5-6,15H2,1-4H3;1H/t13-;/m1./s1. The molecule has 0 heterocycles. The third-order valence-electron chi connectivity index (χ3n) is 2.92. The van der Waals surface area contributed by atoms with Crippen LogP contribution in [0.1, 0.15) is 56.7 Å². The maximum absolute atomic E-state index is 6.17. The van der Waals surface area contributed by atoms with Gasteiger partial charge in [-0.25, -0.2) is 0 Å². The third-order valence-corrected chi connectivity index (χ3v) is 2.92. The molecule has 0 bridgehead atoms. The molecule has 0 aromatic heterocycles. The number of nitrogens with two attached hydrogens (primary N) is 1. The van der Waals surface area contributed by atoms with Gasteiger partial charge in [-0.15, -0.1) is 12.4 Å². The van der Waals surface area contributed by atoms with Crippen LogP contribution in [0.25, 0.3) is 0 Å². The lowest BCUT2D eigenvalue weighted by Gasteiger charge is -2.17. The lowest BCUT2D eigenvalue weighted by atomic mass is 9.95. The van der Waals surface area contributed by atoms with E-state index >= 15 is 0 Å². The predicted molar refractivity (Wildman–Crippen MR) is 76.2 cm³/mol. The molecular formula is C14H24ClNO. The highest BCUT2D eigenvalue weighted by Crippen LogP contribution is 2.29. The van der Waals surface area contributed by atoms with Gasteiger partial charge in [-0.2, -0.15) is 0 Å². The third kappa shape index (κ3) is 4.21. The van der Waals surface area contributed by atoms with Gasteiger partial charge in [-0.1, -0.05) is 39.3 Å². The van der Waals surface area contributed by atoms with E-state index in [0.29, 0.717) is 5.92 Å². The Balaban J connectivity index is 0.00000256. The highest BCUT2D eigenvalue weighted by Gasteiger charge is 2.12. The molecule has 2 N–H and O–H groups in total. The van der Waals surface area contributed by atoms with Crippen molar-refractivity contribution in [3.63, 3.8) is 0 Å². The molecule has 0 amide bonds. The predicted octanol–water partition coefficient (Wildman–Crippen LogP) is 4.04. The van der Waals surface area contributed by atoms with Crippen LogP contribution >= 0.6 is 12.4 Å². The summed E-state index contributed by atoms with van der Waals surface area (Å²) in [4.78, 5) is 0. The molecule has 98 valence electrons. The van der Waals surface area contributed by atoms with Crippen LogP contribution in [0.4, 0.5) is 0 Å². The second kappa shape index (κ2) is 7.57. The molecule has 1 aromatic carbocycles. The summed E-state index contributed by atoms with van der Waals surface area (Å²) in [6.45, 7) is 6.53. The van der Waals surface area contributed by atoms with Gasteiger partial charge < -0.3 is 10.5 Å². The van der Waals surface area contributed by atoms with Crippen LogP contribution < -0.4 is 10.5 Å². The Labute approximate surface area is 111 Å². The largest absolute Gasteiger partial charge is 0.496 e. The van der Waals surface area contributed by atoms with Crippen molar-refractivity contribution in [2.75, 3.05) is 7.11 Å². The van der Waals surface area contributed by atoms with E-state index in [1.54, 1.807) is 7.11 Å². The van der Waals surface area contributed by atoms with Crippen molar-refractivity contribution in [2.24, 2.45) is 5.73 Å². The van der Waals surface area contributed by atoms with E-state index in [9.17, 15) is 0 Å². The summed E-state index contributed by atoms with van der Waals surface area (Å²) in [6, 6.07) is 6.41. The van der Waals surface area contributed by atoms with Crippen LogP contribution in [0.15, 0.2) is 18.2 Å². The first-order valence-corrected chi connectivity index (χ1v) is 6.03. The highest BCUT2D eigenvalue weighted by atomic mass is 35.5. The molecule has 0 aliphatic carbocycles. The van der Waals surface area contributed by atoms with Crippen LogP contribution in [0.2, 0.25) is 0 Å². The molecule has 0 radical (unpaired) electrons. The van der Waals surface area contributed by atoms with E-state index in [1.165, 1.54) is 5.56 Å². The molecule has 0 aliphatic heterocycles. The zero-order chi connectivity index (χ0) is 12.1. The highest BCUT2D eigenvalue weighted by molar-refractivity contribution is 5.85. The summed E-state index contributed by atoms with van der Waals surface area (Å²) < 4.78 is 5.37. The van der Waals surface area contributed by atoms with Crippen LogP contribution in [-0.4, -0.2) is 7.11 Å². The summed E-state index contributed by atoms with van der Waals surface area (Å²) in [5.74, 6) is 1.43. The Kier molecular flexibility index (Phi) is 7.24. The topological polar surface area (TPSA) is 35.2 Å². The van der Waals surface area contributed by atoms with Gasteiger partial charge in [0, 0.05) is 11.6 Å². The summed E-state index contributed by atoms with van der Waals surface area (Å²) in [7, 11) is 1.70. The van der Waals surface area contributed by atoms with Gasteiger partial charge in [0.1, 0.15) is 5.75 Å². The number of hydrogen-bond donors (Lipinski definition) is 1. The molecule has 0 saturated heterocycles. The first-order valence-electron chi connectivity index (χ1n) is 6.03. The minimum absolute atomic E-state index is 0. The number of rotatable bonds is 5. The van der Waals surface area contributed by atoms with Gasteiger partial charge in [0.15, 0.2) is 0 Å². The van der Waals surface area contributed by atoms with Gasteiger partial charge in [0.2, 0.25) is 0 Å². The van der Waals surface area contributed by atoms with Crippen molar-refractivity contribution in [1.82, 2.24) is 0 Å². The van der Waals surface area contributed by atoms with Gasteiger partial charge in [-0.3, -0.25) is 0 Å². The fraction of sp³-hybridized carbons (Fsp3) is 0.571. The second-order valence-corrected chi connectivity index (χ2v) is 4.55. The van der Waals surface area contributed by atoms with E-state index in [4.69, 9.17) is 10.5 Å². The molecule has 1 atom stereocenters. The fourth-order valence-corrected chi connectivity index (χ4v) is 1.87. The Morgan fingerprint density at radius 1 is 1.29 bits per heavy atom. The molecule has 0 fully saturated rings. The SMILES string of the molecule is CCC[C@@H](N)c1cc(C(C)C)ccc1OC.Cl. The first-order chi connectivity index (χ1) is 7.60. The first kappa shape index (κ1) is 16.3. The summed E-state index contributed by atoms with van der Waals surface area (Å²) in [6.07, 6.45) is 2.09. The average molecular weight is 258 g/mol. The van der Waals surface area contributed by atoms with E-state index in [-0.39, 0.29) is 18.4 Å². The maximum Gasteiger partial charge on any atom is 0.123 e. The second-order valence-electron chi connectivity index (χ2n) is 4.55. The van der Waals surface area contributed by atoms with Gasteiger partial charge in [-0.05, 0) is 24.0 Å². The normalized spacial score (nSPS) is 12.1. The van der Waals surface area contributed by atoms with Crippen LogP contribution in [-0.2, 0) is 0 Å². The molecule has 0 aliphatic rings. The zero-order valence-corrected chi connectivity index (χ0v) is 12.0. The lowest BCUT2D eigenvalue weighted by molar-refractivity contribution is 0.403. The Morgan fingerprint density at radius 3 is 2.41 bits per heavy atom. The zero-order valence-electron chi connectivity index (χ0n) is 11.2. The molecule has 0 saturated carbocycles. The Hall–Kier alpha value is -0.730. The number of methoxy groups -OCH3 is 1. The van der Waals surface area contributed by atoms with E-state index in [0.717, 1.165) is 24.2 Å².